The average Bonchev–Trinajstić information content (AvgIpc) is 1.84. The highest BCUT2D eigenvalue weighted by atomic mass is 19.3. The number of hydrogen-bond donors (Lipinski definition) is 1. The third-order valence-electron chi connectivity index (χ3n) is 1.06. The minimum absolute atomic E-state index is 0.700. The van der Waals surface area contributed by atoms with E-state index in [2.05, 4.69) is 11.3 Å². The van der Waals surface area contributed by atoms with Gasteiger partial charge < -0.3 is 10.5 Å². The first-order chi connectivity index (χ1) is 4.50. The first-order valence-electron chi connectivity index (χ1n) is 2.86. The quantitative estimate of drug-likeness (QED) is 0.611. The lowest BCUT2D eigenvalue weighted by molar-refractivity contribution is -0.0691. The van der Waals surface area contributed by atoms with Crippen molar-refractivity contribution in [1.29, 1.82) is 0 Å². The van der Waals surface area contributed by atoms with Crippen molar-refractivity contribution in [3.05, 3.63) is 12.8 Å². The molecule has 0 aromatic carbocycles. The molecule has 2 N–H and O–H groups in total. The van der Waals surface area contributed by atoms with E-state index in [1.54, 1.807) is 0 Å². The number of halogens is 2. The second kappa shape index (κ2) is 3.51. The summed E-state index contributed by atoms with van der Waals surface area (Å²) in [4.78, 5) is 0. The van der Waals surface area contributed by atoms with Crippen molar-refractivity contribution >= 4 is 0 Å². The predicted octanol–water partition coefficient (Wildman–Crippen LogP) is 1.13. The number of rotatable bonds is 4. The van der Waals surface area contributed by atoms with E-state index in [1.807, 2.05) is 0 Å². The molecule has 0 aliphatic rings. The van der Waals surface area contributed by atoms with Gasteiger partial charge in [0.25, 0.3) is 5.92 Å². The van der Waals surface area contributed by atoms with Crippen LogP contribution in [0.2, 0.25) is 0 Å². The Bertz CT molecular complexity index is 114. The Morgan fingerprint density at radius 3 is 2.60 bits per heavy atom. The van der Waals surface area contributed by atoms with Gasteiger partial charge in [-0.3, -0.25) is 0 Å². The summed E-state index contributed by atoms with van der Waals surface area (Å²) < 4.78 is 29.2. The van der Waals surface area contributed by atoms with E-state index < -0.39 is 18.6 Å². The fourth-order valence-corrected chi connectivity index (χ4v) is 0.301. The third kappa shape index (κ3) is 2.77. The number of hydrogen-bond acceptors (Lipinski definition) is 2. The normalized spacial score (nSPS) is 14.4. The maximum atomic E-state index is 12.4. The molecule has 0 aromatic heterocycles. The Hall–Kier alpha value is -0.640. The molecule has 0 rings (SSSR count). The van der Waals surface area contributed by atoms with Gasteiger partial charge in [0.2, 0.25) is 0 Å². The predicted molar refractivity (Wildman–Crippen MR) is 34.7 cm³/mol. The molecule has 0 bridgehead atoms. The third-order valence-corrected chi connectivity index (χ3v) is 1.06. The lowest BCUT2D eigenvalue weighted by Gasteiger charge is -2.18. The van der Waals surface area contributed by atoms with Gasteiger partial charge >= 0.3 is 0 Å². The SMILES string of the molecule is C=COCC(F)(F)C(C)N. The van der Waals surface area contributed by atoms with Crippen LogP contribution in [0.5, 0.6) is 0 Å². The molecule has 0 aliphatic heterocycles. The van der Waals surface area contributed by atoms with Crippen molar-refractivity contribution in [1.82, 2.24) is 0 Å². The van der Waals surface area contributed by atoms with E-state index in [9.17, 15) is 8.78 Å². The van der Waals surface area contributed by atoms with Crippen LogP contribution in [0.1, 0.15) is 6.92 Å². The number of alkyl halides is 2. The highest BCUT2D eigenvalue weighted by molar-refractivity contribution is 4.76. The molecule has 0 aromatic rings. The molecule has 4 heteroatoms. The zero-order valence-electron chi connectivity index (χ0n) is 5.81. The lowest BCUT2D eigenvalue weighted by atomic mass is 10.2. The second-order valence-electron chi connectivity index (χ2n) is 2.03. The Kier molecular flexibility index (Phi) is 3.28. The van der Waals surface area contributed by atoms with Gasteiger partial charge in [0, 0.05) is 0 Å². The van der Waals surface area contributed by atoms with Crippen molar-refractivity contribution in [2.24, 2.45) is 5.73 Å². The van der Waals surface area contributed by atoms with Gasteiger partial charge in [-0.25, -0.2) is 8.78 Å². The summed E-state index contributed by atoms with van der Waals surface area (Å²) in [5.41, 5.74) is 4.95. The Morgan fingerprint density at radius 2 is 2.30 bits per heavy atom. The first-order valence-corrected chi connectivity index (χ1v) is 2.86. The van der Waals surface area contributed by atoms with Gasteiger partial charge in [-0.15, -0.1) is 0 Å². The van der Waals surface area contributed by atoms with Crippen LogP contribution in [-0.2, 0) is 4.74 Å². The van der Waals surface area contributed by atoms with Crippen LogP contribution in [-0.4, -0.2) is 18.6 Å². The Balaban J connectivity index is 3.74. The molecule has 0 heterocycles. The van der Waals surface area contributed by atoms with Gasteiger partial charge in [0.15, 0.2) is 6.61 Å². The highest BCUT2D eigenvalue weighted by Gasteiger charge is 2.34. The summed E-state index contributed by atoms with van der Waals surface area (Å²) in [6.07, 6.45) is 0.969. The smallest absolute Gasteiger partial charge is 0.295 e. The molecule has 0 spiro atoms. The van der Waals surface area contributed by atoms with Crippen molar-refractivity contribution in [2.45, 2.75) is 18.9 Å². The summed E-state index contributed by atoms with van der Waals surface area (Å²) >= 11 is 0. The van der Waals surface area contributed by atoms with Crippen molar-refractivity contribution in [3.8, 4) is 0 Å². The molecule has 0 radical (unpaired) electrons. The maximum Gasteiger partial charge on any atom is 0.295 e. The average molecular weight is 151 g/mol. The van der Waals surface area contributed by atoms with Crippen LogP contribution in [0.3, 0.4) is 0 Å². The minimum atomic E-state index is -2.96. The first kappa shape index (κ1) is 9.36. The van der Waals surface area contributed by atoms with Crippen molar-refractivity contribution in [3.63, 3.8) is 0 Å². The van der Waals surface area contributed by atoms with Crippen molar-refractivity contribution in [2.75, 3.05) is 6.61 Å². The molecule has 0 aliphatic carbocycles. The second-order valence-corrected chi connectivity index (χ2v) is 2.03. The van der Waals surface area contributed by atoms with Crippen molar-refractivity contribution < 1.29 is 13.5 Å². The topological polar surface area (TPSA) is 35.2 Å². The number of ether oxygens (including phenoxy) is 1. The highest BCUT2D eigenvalue weighted by Crippen LogP contribution is 2.16. The largest absolute Gasteiger partial charge is 0.495 e. The molecule has 0 saturated carbocycles. The van der Waals surface area contributed by atoms with Crippen LogP contribution in [0.15, 0.2) is 12.8 Å². The van der Waals surface area contributed by atoms with Gasteiger partial charge in [-0.2, -0.15) is 0 Å². The summed E-state index contributed by atoms with van der Waals surface area (Å²) in [5, 5.41) is 0. The van der Waals surface area contributed by atoms with Crippen LogP contribution in [0.25, 0.3) is 0 Å². The van der Waals surface area contributed by atoms with E-state index in [4.69, 9.17) is 5.73 Å². The number of nitrogens with two attached hydrogens (primary N) is 1. The summed E-state index contributed by atoms with van der Waals surface area (Å²) in [6, 6.07) is -1.19. The molecule has 10 heavy (non-hydrogen) atoms. The summed E-state index contributed by atoms with van der Waals surface area (Å²) in [5.74, 6) is -2.96. The van der Waals surface area contributed by atoms with Gasteiger partial charge in [0.05, 0.1) is 12.3 Å². The van der Waals surface area contributed by atoms with Gasteiger partial charge in [-0.1, -0.05) is 6.58 Å². The molecule has 1 unspecified atom stereocenters. The van der Waals surface area contributed by atoms with Crippen LogP contribution >= 0.6 is 0 Å². The van der Waals surface area contributed by atoms with Crippen LogP contribution in [0, 0.1) is 0 Å². The minimum Gasteiger partial charge on any atom is -0.495 e. The molecule has 0 fully saturated rings. The maximum absolute atomic E-state index is 12.4. The lowest BCUT2D eigenvalue weighted by Crippen LogP contribution is -2.41. The van der Waals surface area contributed by atoms with Gasteiger partial charge in [-0.05, 0) is 6.92 Å². The van der Waals surface area contributed by atoms with Crippen LogP contribution in [0.4, 0.5) is 8.78 Å². The van der Waals surface area contributed by atoms with E-state index in [1.165, 1.54) is 6.92 Å². The standard InChI is InChI=1S/C6H11F2NO/c1-3-10-4-6(7,8)5(2)9/h3,5H,1,4,9H2,2H3. The molecule has 2 nitrogen and oxygen atoms in total. The monoisotopic (exact) mass is 151 g/mol. The summed E-state index contributed by atoms with van der Waals surface area (Å²) in [7, 11) is 0. The molecule has 0 amide bonds. The zero-order chi connectivity index (χ0) is 8.20. The van der Waals surface area contributed by atoms with E-state index in [-0.39, 0.29) is 0 Å². The summed E-state index contributed by atoms with van der Waals surface area (Å²) in [6.45, 7) is 3.66. The van der Waals surface area contributed by atoms with E-state index in [0.717, 1.165) is 6.26 Å². The molecular formula is C6H11F2NO. The fraction of sp³-hybridized carbons (Fsp3) is 0.667. The van der Waals surface area contributed by atoms with E-state index >= 15 is 0 Å². The zero-order valence-corrected chi connectivity index (χ0v) is 5.81. The van der Waals surface area contributed by atoms with Gasteiger partial charge in [0.1, 0.15) is 0 Å². The molecule has 1 atom stereocenters. The molecule has 60 valence electrons. The fourth-order valence-electron chi connectivity index (χ4n) is 0.301. The van der Waals surface area contributed by atoms with E-state index in [0.29, 0.717) is 0 Å². The van der Waals surface area contributed by atoms with Crippen LogP contribution < -0.4 is 5.73 Å². The Morgan fingerprint density at radius 1 is 1.80 bits per heavy atom. The molecule has 0 saturated heterocycles. The molecular weight excluding hydrogens is 140 g/mol. The Labute approximate surface area is 58.7 Å².